The number of hydrogen-bond donors (Lipinski definition) is 1. The molecule has 0 amide bonds. The Labute approximate surface area is 135 Å². The topological polar surface area (TPSA) is 68.8 Å². The van der Waals surface area contributed by atoms with Crippen LogP contribution in [0.15, 0.2) is 42.5 Å². The lowest BCUT2D eigenvalue weighted by Crippen LogP contribution is -2.27. The van der Waals surface area contributed by atoms with Crippen LogP contribution in [0.2, 0.25) is 0 Å². The Bertz CT molecular complexity index is 786. The molecular weight excluding hydrogens is 286 g/mol. The van der Waals surface area contributed by atoms with Gasteiger partial charge in [0.2, 0.25) is 0 Å². The molecule has 0 aliphatic carbocycles. The molecule has 0 aromatic heterocycles. The number of nitrogens with zero attached hydrogens (tertiary/aromatic N) is 2. The van der Waals surface area contributed by atoms with Gasteiger partial charge in [-0.25, -0.2) is 0 Å². The summed E-state index contributed by atoms with van der Waals surface area (Å²) in [5, 5.41) is 21.2. The summed E-state index contributed by atoms with van der Waals surface area (Å²) in [7, 11) is 0. The molecule has 23 heavy (non-hydrogen) atoms. The van der Waals surface area contributed by atoms with Crippen molar-refractivity contribution in [2.75, 3.05) is 13.2 Å². The van der Waals surface area contributed by atoms with E-state index in [2.05, 4.69) is 23.5 Å². The lowest BCUT2D eigenvalue weighted by Gasteiger charge is -2.27. The maximum absolute atomic E-state index is 9.06. The van der Waals surface area contributed by atoms with E-state index in [1.807, 2.05) is 30.3 Å². The van der Waals surface area contributed by atoms with E-state index in [9.17, 15) is 0 Å². The summed E-state index contributed by atoms with van der Waals surface area (Å²) in [6.45, 7) is 1.36. The molecule has 0 bridgehead atoms. The molecule has 1 N–H and O–H groups in total. The highest BCUT2D eigenvalue weighted by Crippen LogP contribution is 2.35. The minimum Gasteiger partial charge on any atom is -0.493 e. The zero-order chi connectivity index (χ0) is 16.1. The number of nitrogens with one attached hydrogen (secondary N) is 1. The third-order valence-electron chi connectivity index (χ3n) is 4.00. The summed E-state index contributed by atoms with van der Waals surface area (Å²) in [5.74, 6) is 0.894. The molecule has 0 spiro atoms. The number of hydrogen-bond acceptors (Lipinski definition) is 4. The van der Waals surface area contributed by atoms with Crippen LogP contribution in [0, 0.1) is 22.7 Å². The van der Waals surface area contributed by atoms with E-state index in [0.29, 0.717) is 25.1 Å². The first kappa shape index (κ1) is 15.1. The first-order chi connectivity index (χ1) is 11.3. The van der Waals surface area contributed by atoms with E-state index in [-0.39, 0.29) is 6.04 Å². The fourth-order valence-corrected chi connectivity index (χ4v) is 2.86. The predicted molar refractivity (Wildman–Crippen MR) is 87.7 cm³/mol. The average Bonchev–Trinajstić information content (AvgIpc) is 2.62. The molecule has 1 unspecified atom stereocenters. The highest BCUT2D eigenvalue weighted by molar-refractivity contribution is 5.67. The normalized spacial score (nSPS) is 15.8. The lowest BCUT2D eigenvalue weighted by atomic mass is 9.95. The Morgan fingerprint density at radius 1 is 1.13 bits per heavy atom. The second-order valence-corrected chi connectivity index (χ2v) is 5.50. The molecule has 114 valence electrons. The van der Waals surface area contributed by atoms with Crippen LogP contribution in [0.4, 0.5) is 0 Å². The Hall–Kier alpha value is -2.82. The average molecular weight is 303 g/mol. The highest BCUT2D eigenvalue weighted by atomic mass is 16.5. The Balaban J connectivity index is 1.92. The van der Waals surface area contributed by atoms with Crippen LogP contribution in [-0.4, -0.2) is 13.2 Å². The largest absolute Gasteiger partial charge is 0.493 e. The molecular formula is C19H17N3O. The van der Waals surface area contributed by atoms with Crippen molar-refractivity contribution < 1.29 is 4.74 Å². The molecule has 2 aromatic rings. The quantitative estimate of drug-likeness (QED) is 0.877. The number of ether oxygens (including phenoxy) is 1. The zero-order valence-electron chi connectivity index (χ0n) is 12.7. The van der Waals surface area contributed by atoms with Crippen LogP contribution < -0.4 is 10.1 Å². The van der Waals surface area contributed by atoms with Crippen LogP contribution in [-0.2, 0) is 0 Å². The molecule has 0 fully saturated rings. The third kappa shape index (κ3) is 3.34. The first-order valence-corrected chi connectivity index (χ1v) is 7.69. The van der Waals surface area contributed by atoms with Gasteiger partial charge in [-0.3, -0.25) is 0 Å². The van der Waals surface area contributed by atoms with E-state index >= 15 is 0 Å². The molecule has 1 atom stereocenters. The van der Waals surface area contributed by atoms with Crippen LogP contribution >= 0.6 is 0 Å². The van der Waals surface area contributed by atoms with Crippen molar-refractivity contribution in [1.82, 2.24) is 5.32 Å². The fraction of sp³-hybridized carbons (Fsp3) is 0.263. The van der Waals surface area contributed by atoms with Crippen molar-refractivity contribution in [2.24, 2.45) is 0 Å². The van der Waals surface area contributed by atoms with Gasteiger partial charge in [-0.2, -0.15) is 10.5 Å². The predicted octanol–water partition coefficient (Wildman–Crippen LogP) is 3.55. The molecule has 2 aromatic carbocycles. The van der Waals surface area contributed by atoms with Gasteiger partial charge < -0.3 is 10.1 Å². The van der Waals surface area contributed by atoms with Gasteiger partial charge in [0.25, 0.3) is 0 Å². The van der Waals surface area contributed by atoms with Crippen molar-refractivity contribution >= 4 is 0 Å². The lowest BCUT2D eigenvalue weighted by molar-refractivity contribution is 0.253. The number of rotatable bonds is 4. The molecule has 3 rings (SSSR count). The zero-order valence-corrected chi connectivity index (χ0v) is 12.7. The Morgan fingerprint density at radius 3 is 2.83 bits per heavy atom. The monoisotopic (exact) mass is 303 g/mol. The maximum Gasteiger partial charge on any atom is 0.124 e. The van der Waals surface area contributed by atoms with E-state index in [0.717, 1.165) is 28.9 Å². The smallest absolute Gasteiger partial charge is 0.124 e. The minimum absolute atomic E-state index is 0.200. The van der Waals surface area contributed by atoms with Gasteiger partial charge in [-0.05, 0) is 35.4 Å². The van der Waals surface area contributed by atoms with Crippen molar-refractivity contribution in [3.05, 3.63) is 53.6 Å². The second kappa shape index (κ2) is 6.96. The molecule has 1 heterocycles. The van der Waals surface area contributed by atoms with Gasteiger partial charge in [0.05, 0.1) is 24.3 Å². The summed E-state index contributed by atoms with van der Waals surface area (Å²) >= 11 is 0. The van der Waals surface area contributed by atoms with E-state index in [1.54, 1.807) is 6.07 Å². The van der Waals surface area contributed by atoms with Gasteiger partial charge in [0, 0.05) is 31.0 Å². The molecule has 0 saturated heterocycles. The van der Waals surface area contributed by atoms with Crippen molar-refractivity contribution in [3.63, 3.8) is 0 Å². The van der Waals surface area contributed by atoms with Gasteiger partial charge >= 0.3 is 0 Å². The summed E-state index contributed by atoms with van der Waals surface area (Å²) in [5.41, 5.74) is 3.86. The van der Waals surface area contributed by atoms with Gasteiger partial charge in [0.1, 0.15) is 5.75 Å². The SMILES string of the molecule is N#CCCNC1CCOc2ccc(-c3cccc(C#N)c3)cc21. The van der Waals surface area contributed by atoms with Crippen molar-refractivity contribution in [1.29, 1.82) is 10.5 Å². The van der Waals surface area contributed by atoms with Gasteiger partial charge in [-0.1, -0.05) is 18.2 Å². The van der Waals surface area contributed by atoms with Crippen molar-refractivity contribution in [3.8, 4) is 29.0 Å². The summed E-state index contributed by atoms with van der Waals surface area (Å²) in [6.07, 6.45) is 1.39. The highest BCUT2D eigenvalue weighted by Gasteiger charge is 2.21. The maximum atomic E-state index is 9.06. The minimum atomic E-state index is 0.200. The molecule has 1 aliphatic rings. The molecule has 0 saturated carbocycles. The molecule has 4 heteroatoms. The summed E-state index contributed by atoms with van der Waals surface area (Å²) in [6, 6.07) is 18.3. The fourth-order valence-electron chi connectivity index (χ4n) is 2.86. The van der Waals surface area contributed by atoms with E-state index in [4.69, 9.17) is 15.3 Å². The van der Waals surface area contributed by atoms with Crippen molar-refractivity contribution in [2.45, 2.75) is 18.9 Å². The first-order valence-electron chi connectivity index (χ1n) is 7.69. The number of nitriles is 2. The molecule has 4 nitrogen and oxygen atoms in total. The van der Waals surface area contributed by atoms with Gasteiger partial charge in [-0.15, -0.1) is 0 Å². The van der Waals surface area contributed by atoms with Gasteiger partial charge in [0.15, 0.2) is 0 Å². The Morgan fingerprint density at radius 2 is 2.00 bits per heavy atom. The van der Waals surface area contributed by atoms with Crippen LogP contribution in [0.3, 0.4) is 0 Å². The van der Waals surface area contributed by atoms with Crippen LogP contribution in [0.1, 0.15) is 30.0 Å². The standard InChI is InChI=1S/C19H17N3O/c20-8-2-9-22-18-7-10-23-19-6-5-16(12-17(18)19)15-4-1-3-14(11-15)13-21/h1,3-6,11-12,18,22H,2,7,9-10H2. The molecule has 1 aliphatic heterocycles. The van der Waals surface area contributed by atoms with E-state index in [1.165, 1.54) is 0 Å². The van der Waals surface area contributed by atoms with E-state index < -0.39 is 0 Å². The second-order valence-electron chi connectivity index (χ2n) is 5.50. The Kier molecular flexibility index (Phi) is 4.57. The number of benzene rings is 2. The number of fused-ring (bicyclic) bond motifs is 1. The third-order valence-corrected chi connectivity index (χ3v) is 4.00. The summed E-state index contributed by atoms with van der Waals surface area (Å²) in [4.78, 5) is 0. The molecule has 0 radical (unpaired) electrons. The van der Waals surface area contributed by atoms with Crippen LogP contribution in [0.25, 0.3) is 11.1 Å². The van der Waals surface area contributed by atoms with Crippen LogP contribution in [0.5, 0.6) is 5.75 Å². The summed E-state index contributed by atoms with van der Waals surface area (Å²) < 4.78 is 5.74.